The predicted octanol–water partition coefficient (Wildman–Crippen LogP) is 16.3. The van der Waals surface area contributed by atoms with E-state index in [-0.39, 0.29) is 5.41 Å². The minimum Gasteiger partial charge on any atom is -0.310 e. The topological polar surface area (TPSA) is 3.24 Å². The van der Waals surface area contributed by atoms with Crippen molar-refractivity contribution in [2.75, 3.05) is 4.90 Å². The first-order valence-corrected chi connectivity index (χ1v) is 23.6. The number of benzene rings is 9. The number of hydrogen-bond donors (Lipinski definition) is 0. The van der Waals surface area contributed by atoms with E-state index in [1.54, 1.807) is 0 Å². The SMILES string of the molecule is CC1(C)c2ccccc2-c2ccc(N(c3ccccc3)c3ccc(C4(c5ccc6c(c5)C(c5ccccc5)(c5ccccc5)C5=C6C=CCC5)c5ccccc5-c5ccccc54)cc3)cc21. The zero-order valence-electron chi connectivity index (χ0n) is 37.4. The van der Waals surface area contributed by atoms with Crippen LogP contribution < -0.4 is 4.90 Å². The highest BCUT2D eigenvalue weighted by atomic mass is 15.1. The van der Waals surface area contributed by atoms with Crippen LogP contribution in [0.5, 0.6) is 0 Å². The van der Waals surface area contributed by atoms with Crippen molar-refractivity contribution in [3.8, 4) is 22.3 Å². The highest BCUT2D eigenvalue weighted by Crippen LogP contribution is 2.61. The maximum atomic E-state index is 2.61. The first-order valence-electron chi connectivity index (χ1n) is 23.6. The molecule has 0 unspecified atom stereocenters. The van der Waals surface area contributed by atoms with Crippen molar-refractivity contribution in [2.24, 2.45) is 0 Å². The Balaban J connectivity index is 1.03. The van der Waals surface area contributed by atoms with Crippen molar-refractivity contribution >= 4 is 22.6 Å². The van der Waals surface area contributed by atoms with Crippen LogP contribution in [0.3, 0.4) is 0 Å². The maximum Gasteiger partial charge on any atom is 0.0713 e. The van der Waals surface area contributed by atoms with Gasteiger partial charge >= 0.3 is 0 Å². The summed E-state index contributed by atoms with van der Waals surface area (Å²) in [4.78, 5) is 2.43. The summed E-state index contributed by atoms with van der Waals surface area (Å²) in [5.74, 6) is 0. The second-order valence-corrected chi connectivity index (χ2v) is 19.0. The summed E-state index contributed by atoms with van der Waals surface area (Å²) in [6, 6.07) is 84.7. The van der Waals surface area contributed by atoms with Gasteiger partial charge in [0.1, 0.15) is 0 Å². The largest absolute Gasteiger partial charge is 0.310 e. The van der Waals surface area contributed by atoms with E-state index in [0.717, 1.165) is 29.9 Å². The Labute approximate surface area is 388 Å². The molecule has 1 heteroatoms. The van der Waals surface area contributed by atoms with Crippen LogP contribution in [-0.2, 0) is 16.2 Å². The monoisotopic (exact) mass is 843 g/mol. The molecule has 0 aromatic heterocycles. The van der Waals surface area contributed by atoms with Crippen molar-refractivity contribution in [1.82, 2.24) is 0 Å². The predicted molar refractivity (Wildman–Crippen MR) is 274 cm³/mol. The lowest BCUT2D eigenvalue weighted by atomic mass is 9.63. The first-order chi connectivity index (χ1) is 32.5. The molecule has 0 spiro atoms. The number of hydrogen-bond acceptors (Lipinski definition) is 1. The van der Waals surface area contributed by atoms with Gasteiger partial charge in [-0.2, -0.15) is 0 Å². The number of para-hydroxylation sites is 1. The van der Waals surface area contributed by atoms with Gasteiger partial charge in [-0.05, 0) is 138 Å². The number of rotatable bonds is 7. The van der Waals surface area contributed by atoms with E-state index in [2.05, 4.69) is 255 Å². The van der Waals surface area contributed by atoms with E-state index in [1.807, 2.05) is 0 Å². The molecular formula is C65H49N. The third kappa shape index (κ3) is 5.29. The minimum atomic E-state index is -0.584. The summed E-state index contributed by atoms with van der Waals surface area (Å²) in [6.45, 7) is 4.73. The summed E-state index contributed by atoms with van der Waals surface area (Å²) < 4.78 is 0. The standard InChI is InChI=1S/C65H49N/c1-63(2)57-30-16-12-26-51(57)55-41-39-50(43-61(55)63)66(48-24-10-5-11-25-48)49-37-34-46(35-38-49)65(59-32-18-13-27-52(59)53-28-14-19-33-60(53)65)47-36-40-56-54-29-15-17-31-58(54)64(62(56)42-47,44-20-6-3-7-21-44)45-22-8-4-9-23-45/h3-16,18-30,32-43H,17,31H2,1-2H3. The van der Waals surface area contributed by atoms with Gasteiger partial charge in [-0.1, -0.05) is 214 Å². The van der Waals surface area contributed by atoms with Crippen LogP contribution in [0.15, 0.2) is 242 Å². The Hall–Kier alpha value is -7.74. The van der Waals surface area contributed by atoms with Crippen LogP contribution in [0.1, 0.15) is 82.3 Å². The Morgan fingerprint density at radius 1 is 0.348 bits per heavy atom. The quantitative estimate of drug-likeness (QED) is 0.154. The molecule has 0 saturated carbocycles. The highest BCUT2D eigenvalue weighted by Gasteiger charge is 2.51. The van der Waals surface area contributed by atoms with Crippen LogP contribution >= 0.6 is 0 Å². The summed E-state index contributed by atoms with van der Waals surface area (Å²) in [5.41, 5.74) is 23.7. The van der Waals surface area contributed by atoms with E-state index in [1.165, 1.54) is 89.0 Å². The van der Waals surface area contributed by atoms with Crippen LogP contribution in [-0.4, -0.2) is 0 Å². The molecule has 0 bridgehead atoms. The molecule has 4 aliphatic carbocycles. The van der Waals surface area contributed by atoms with E-state index in [9.17, 15) is 0 Å². The van der Waals surface area contributed by atoms with Crippen LogP contribution in [0.25, 0.3) is 27.8 Å². The molecule has 0 atom stereocenters. The Bertz CT molecular complexity index is 3340. The third-order valence-corrected chi connectivity index (χ3v) is 15.5. The lowest BCUT2D eigenvalue weighted by Gasteiger charge is -2.38. The van der Waals surface area contributed by atoms with Crippen molar-refractivity contribution in [3.63, 3.8) is 0 Å². The van der Waals surface area contributed by atoms with Crippen molar-refractivity contribution < 1.29 is 0 Å². The van der Waals surface area contributed by atoms with Gasteiger partial charge in [-0.25, -0.2) is 0 Å². The van der Waals surface area contributed by atoms with Crippen LogP contribution in [0, 0.1) is 0 Å². The summed E-state index contributed by atoms with van der Waals surface area (Å²) in [6.07, 6.45) is 6.83. The van der Waals surface area contributed by atoms with Gasteiger partial charge in [-0.3, -0.25) is 0 Å². The molecule has 1 nitrogen and oxygen atoms in total. The molecular weight excluding hydrogens is 795 g/mol. The van der Waals surface area contributed by atoms with Gasteiger partial charge in [0.05, 0.1) is 10.8 Å². The van der Waals surface area contributed by atoms with Gasteiger partial charge in [0.25, 0.3) is 0 Å². The zero-order valence-corrected chi connectivity index (χ0v) is 37.4. The first kappa shape index (κ1) is 38.7. The van der Waals surface area contributed by atoms with E-state index < -0.39 is 10.8 Å². The van der Waals surface area contributed by atoms with Crippen molar-refractivity contribution in [1.29, 1.82) is 0 Å². The molecule has 0 heterocycles. The molecule has 9 aromatic rings. The fourth-order valence-electron chi connectivity index (χ4n) is 12.7. The Morgan fingerprint density at radius 3 is 1.45 bits per heavy atom. The smallest absolute Gasteiger partial charge is 0.0713 e. The lowest BCUT2D eigenvalue weighted by molar-refractivity contribution is 0.660. The molecule has 0 N–H and O–H groups in total. The van der Waals surface area contributed by atoms with Gasteiger partial charge in [0, 0.05) is 22.5 Å². The minimum absolute atomic E-state index is 0.108. The Kier molecular flexibility index (Phi) is 8.58. The highest BCUT2D eigenvalue weighted by molar-refractivity contribution is 5.93. The maximum absolute atomic E-state index is 2.61. The van der Waals surface area contributed by atoms with Crippen LogP contribution in [0.2, 0.25) is 0 Å². The fourth-order valence-corrected chi connectivity index (χ4v) is 12.7. The number of allylic oxidation sites excluding steroid dienone is 4. The molecule has 314 valence electrons. The molecule has 4 aliphatic rings. The molecule has 13 rings (SSSR count). The number of anilines is 3. The van der Waals surface area contributed by atoms with E-state index in [0.29, 0.717) is 0 Å². The molecule has 9 aromatic carbocycles. The van der Waals surface area contributed by atoms with Gasteiger partial charge in [0.15, 0.2) is 0 Å². The number of fused-ring (bicyclic) bond motifs is 8. The average Bonchev–Trinajstić information content (AvgIpc) is 3.94. The van der Waals surface area contributed by atoms with Gasteiger partial charge in [0.2, 0.25) is 0 Å². The summed E-state index contributed by atoms with van der Waals surface area (Å²) in [5, 5.41) is 0. The van der Waals surface area contributed by atoms with Crippen molar-refractivity contribution in [3.05, 3.63) is 298 Å². The molecule has 0 radical (unpaired) electrons. The second-order valence-electron chi connectivity index (χ2n) is 19.0. The molecule has 0 amide bonds. The Morgan fingerprint density at radius 2 is 0.818 bits per heavy atom. The van der Waals surface area contributed by atoms with E-state index >= 15 is 0 Å². The van der Waals surface area contributed by atoms with Gasteiger partial charge < -0.3 is 4.90 Å². The lowest BCUT2D eigenvalue weighted by Crippen LogP contribution is -2.32. The third-order valence-electron chi connectivity index (χ3n) is 15.5. The number of nitrogens with zero attached hydrogens (tertiary/aromatic N) is 1. The van der Waals surface area contributed by atoms with Gasteiger partial charge in [-0.15, -0.1) is 0 Å². The average molecular weight is 844 g/mol. The van der Waals surface area contributed by atoms with Crippen LogP contribution in [0.4, 0.5) is 17.1 Å². The fraction of sp³-hybridized carbons (Fsp3) is 0.108. The van der Waals surface area contributed by atoms with E-state index in [4.69, 9.17) is 0 Å². The van der Waals surface area contributed by atoms with Crippen molar-refractivity contribution in [2.45, 2.75) is 42.9 Å². The summed E-state index contributed by atoms with van der Waals surface area (Å²) >= 11 is 0. The molecule has 66 heavy (non-hydrogen) atoms. The molecule has 0 aliphatic heterocycles. The summed E-state index contributed by atoms with van der Waals surface area (Å²) in [7, 11) is 0. The normalized spacial score (nSPS) is 16.2. The zero-order chi connectivity index (χ0) is 44.0. The molecule has 0 fully saturated rings. The molecule has 0 saturated heterocycles. The second kappa shape index (κ2) is 14.6.